The summed E-state index contributed by atoms with van der Waals surface area (Å²) in [5.41, 5.74) is 1.15. The molecule has 14 heteroatoms. The van der Waals surface area contributed by atoms with Gasteiger partial charge in [-0.2, -0.15) is 0 Å². The van der Waals surface area contributed by atoms with Crippen LogP contribution in [0, 0.1) is 11.8 Å². The lowest BCUT2D eigenvalue weighted by atomic mass is 9.83. The standard InChI is InChI=1S/C40H53N5O9/c1-4-14-29(35(47)37(49)41-23-32(46)43-34(39(51)52)28-19-12-7-13-20-28)42-36(48)31-22-21-30(26-15-8-5-9-16-26)45(31)38(50)33(27-17-10-6-11-18-27)44-40(53)54-24-25(2)3/h5,7-9,12-13,15-16,19-20,25,27,29-31,33-34H,4,6,10-11,14,17-18,21-24H2,1-3H3,(H,41,49)(H,42,48)(H,43,46)(H,44,53)(H,51,52)/t29?,30-,31+,33+,34?/m1/s1. The highest BCUT2D eigenvalue weighted by atomic mass is 16.5. The summed E-state index contributed by atoms with van der Waals surface area (Å²) in [4.78, 5) is 94.1. The van der Waals surface area contributed by atoms with E-state index in [1.807, 2.05) is 44.2 Å². The molecule has 1 saturated carbocycles. The first-order valence-electron chi connectivity index (χ1n) is 18.9. The third kappa shape index (κ3) is 11.4. The van der Waals surface area contributed by atoms with Crippen LogP contribution in [0.1, 0.15) is 102 Å². The number of aliphatic carboxylic acids is 1. The van der Waals surface area contributed by atoms with Gasteiger partial charge in [0.1, 0.15) is 12.1 Å². The summed E-state index contributed by atoms with van der Waals surface area (Å²) < 4.78 is 5.41. The normalized spacial score (nSPS) is 18.9. The van der Waals surface area contributed by atoms with E-state index >= 15 is 0 Å². The van der Waals surface area contributed by atoms with E-state index in [9.17, 15) is 38.7 Å². The maximum atomic E-state index is 14.7. The Labute approximate surface area is 316 Å². The Hall–Kier alpha value is -5.27. The molecule has 2 aromatic rings. The average Bonchev–Trinajstić information content (AvgIpc) is 3.63. The third-order valence-electron chi connectivity index (χ3n) is 9.86. The van der Waals surface area contributed by atoms with Crippen molar-refractivity contribution in [3.8, 4) is 0 Å². The monoisotopic (exact) mass is 747 g/mol. The number of Topliss-reactive ketones (excluding diaryl/α,β-unsaturated/α-hetero) is 1. The zero-order valence-electron chi connectivity index (χ0n) is 31.3. The maximum absolute atomic E-state index is 14.7. The SMILES string of the molecule is CCCC(NC(=O)[C@@H]1CC[C@H](c2ccccc2)N1C(=O)[C@@H](NC(=O)OCC(C)C)C1CCCCC1)C(=O)C(=O)NCC(=O)NC(C(=O)O)c1ccccc1. The van der Waals surface area contributed by atoms with Gasteiger partial charge in [0.2, 0.25) is 23.5 Å². The minimum atomic E-state index is -1.37. The highest BCUT2D eigenvalue weighted by Gasteiger charge is 2.46. The van der Waals surface area contributed by atoms with Crippen LogP contribution in [-0.2, 0) is 33.5 Å². The molecule has 5 atom stereocenters. The number of carbonyl (C=O) groups excluding carboxylic acids is 6. The molecule has 5 amide bonds. The number of benzene rings is 2. The van der Waals surface area contributed by atoms with Gasteiger partial charge >= 0.3 is 12.1 Å². The number of alkyl carbamates (subject to hydrolysis) is 1. The van der Waals surface area contributed by atoms with Crippen molar-refractivity contribution in [3.05, 3.63) is 71.8 Å². The summed E-state index contributed by atoms with van der Waals surface area (Å²) in [5, 5.41) is 19.7. The van der Waals surface area contributed by atoms with E-state index in [1.54, 1.807) is 25.1 Å². The fourth-order valence-corrected chi connectivity index (χ4v) is 7.17. The zero-order valence-corrected chi connectivity index (χ0v) is 31.3. The number of hydrogen-bond acceptors (Lipinski definition) is 8. The second-order valence-corrected chi connectivity index (χ2v) is 14.4. The van der Waals surface area contributed by atoms with Crippen molar-refractivity contribution < 1.29 is 43.4 Å². The van der Waals surface area contributed by atoms with Crippen LogP contribution in [0.25, 0.3) is 0 Å². The number of hydrogen-bond donors (Lipinski definition) is 5. The van der Waals surface area contributed by atoms with Crippen molar-refractivity contribution in [2.24, 2.45) is 11.8 Å². The Morgan fingerprint density at radius 3 is 2.09 bits per heavy atom. The van der Waals surface area contributed by atoms with Crippen LogP contribution >= 0.6 is 0 Å². The van der Waals surface area contributed by atoms with Gasteiger partial charge in [0, 0.05) is 0 Å². The van der Waals surface area contributed by atoms with Crippen LogP contribution in [0.3, 0.4) is 0 Å². The molecule has 2 fully saturated rings. The molecular weight excluding hydrogens is 694 g/mol. The lowest BCUT2D eigenvalue weighted by Gasteiger charge is -2.37. The van der Waals surface area contributed by atoms with E-state index in [0.29, 0.717) is 18.4 Å². The molecule has 14 nitrogen and oxygen atoms in total. The van der Waals surface area contributed by atoms with Gasteiger partial charge in [-0.05, 0) is 55.1 Å². The van der Waals surface area contributed by atoms with E-state index in [4.69, 9.17) is 4.74 Å². The Morgan fingerprint density at radius 1 is 0.833 bits per heavy atom. The van der Waals surface area contributed by atoms with Gasteiger partial charge in [-0.1, -0.05) is 107 Å². The average molecular weight is 748 g/mol. The van der Waals surface area contributed by atoms with Crippen molar-refractivity contribution >= 4 is 41.5 Å². The van der Waals surface area contributed by atoms with E-state index < -0.39 is 78.2 Å². The molecule has 1 saturated heterocycles. The van der Waals surface area contributed by atoms with Gasteiger partial charge in [0.05, 0.1) is 25.2 Å². The van der Waals surface area contributed by atoms with Crippen LogP contribution < -0.4 is 21.3 Å². The number of nitrogens with zero attached hydrogens (tertiary/aromatic N) is 1. The van der Waals surface area contributed by atoms with Crippen molar-refractivity contribution in [1.29, 1.82) is 0 Å². The van der Waals surface area contributed by atoms with E-state index in [-0.39, 0.29) is 31.3 Å². The summed E-state index contributed by atoms with van der Waals surface area (Å²) in [6, 6.07) is 12.3. The van der Waals surface area contributed by atoms with Gasteiger partial charge in [0.15, 0.2) is 6.04 Å². The van der Waals surface area contributed by atoms with E-state index in [1.165, 1.54) is 17.0 Å². The molecule has 292 valence electrons. The first-order chi connectivity index (χ1) is 25.9. The number of ketones is 1. The molecule has 1 aliphatic carbocycles. The summed E-state index contributed by atoms with van der Waals surface area (Å²) in [6.45, 7) is 5.11. The molecule has 5 N–H and O–H groups in total. The van der Waals surface area contributed by atoms with E-state index in [2.05, 4.69) is 21.3 Å². The van der Waals surface area contributed by atoms with Gasteiger partial charge in [-0.3, -0.25) is 24.0 Å². The van der Waals surface area contributed by atoms with Crippen molar-refractivity contribution in [1.82, 2.24) is 26.2 Å². The molecule has 1 aliphatic heterocycles. The molecule has 1 heterocycles. The molecule has 2 unspecified atom stereocenters. The number of amides is 5. The number of carboxylic acid groups (broad SMARTS) is 1. The number of ether oxygens (including phenoxy) is 1. The Balaban J connectivity index is 1.50. The predicted octanol–water partition coefficient (Wildman–Crippen LogP) is 3.96. The smallest absolute Gasteiger partial charge is 0.407 e. The fraction of sp³-hybridized carbons (Fsp3) is 0.525. The van der Waals surface area contributed by atoms with Crippen molar-refractivity contribution in [3.63, 3.8) is 0 Å². The quantitative estimate of drug-likeness (QED) is 0.149. The summed E-state index contributed by atoms with van der Waals surface area (Å²) >= 11 is 0. The number of carbonyl (C=O) groups is 7. The summed E-state index contributed by atoms with van der Waals surface area (Å²) in [7, 11) is 0. The van der Waals surface area contributed by atoms with Crippen LogP contribution in [0.15, 0.2) is 60.7 Å². The van der Waals surface area contributed by atoms with Gasteiger partial charge < -0.3 is 36.0 Å². The van der Waals surface area contributed by atoms with Crippen molar-refractivity contribution in [2.75, 3.05) is 13.2 Å². The first kappa shape index (κ1) is 41.5. The molecule has 0 aromatic heterocycles. The zero-order chi connectivity index (χ0) is 39.2. The summed E-state index contributed by atoms with van der Waals surface area (Å²) in [5.74, 6) is -5.33. The van der Waals surface area contributed by atoms with Crippen LogP contribution in [0.4, 0.5) is 4.79 Å². The molecule has 54 heavy (non-hydrogen) atoms. The molecule has 4 rings (SSSR count). The topological polar surface area (TPSA) is 200 Å². The predicted molar refractivity (Wildman–Crippen MR) is 199 cm³/mol. The fourth-order valence-electron chi connectivity index (χ4n) is 7.17. The number of nitrogens with one attached hydrogen (secondary N) is 4. The minimum Gasteiger partial charge on any atom is -0.479 e. The van der Waals surface area contributed by atoms with Crippen LogP contribution in [-0.4, -0.2) is 82.8 Å². The highest BCUT2D eigenvalue weighted by molar-refractivity contribution is 6.38. The molecule has 0 spiro atoms. The maximum Gasteiger partial charge on any atom is 0.407 e. The Morgan fingerprint density at radius 2 is 1.48 bits per heavy atom. The van der Waals surface area contributed by atoms with Gasteiger partial charge in [-0.15, -0.1) is 0 Å². The second-order valence-electron chi connectivity index (χ2n) is 14.4. The third-order valence-corrected chi connectivity index (χ3v) is 9.86. The Bertz CT molecular complexity index is 1610. The van der Waals surface area contributed by atoms with Crippen molar-refractivity contribution in [2.45, 2.75) is 109 Å². The van der Waals surface area contributed by atoms with E-state index in [0.717, 1.165) is 37.7 Å². The van der Waals surface area contributed by atoms with Gasteiger partial charge in [-0.25, -0.2) is 9.59 Å². The number of carboxylic acids is 1. The molecule has 0 radical (unpaired) electrons. The van der Waals surface area contributed by atoms with Crippen LogP contribution in [0.2, 0.25) is 0 Å². The second kappa shape index (κ2) is 20.3. The molecule has 0 bridgehead atoms. The van der Waals surface area contributed by atoms with Gasteiger partial charge in [0.25, 0.3) is 5.91 Å². The highest BCUT2D eigenvalue weighted by Crippen LogP contribution is 2.38. The summed E-state index contributed by atoms with van der Waals surface area (Å²) in [6.07, 6.45) is 4.85. The largest absolute Gasteiger partial charge is 0.479 e. The minimum absolute atomic E-state index is 0.0932. The first-order valence-corrected chi connectivity index (χ1v) is 18.9. The molecule has 2 aromatic carbocycles. The molecular formula is C40H53N5O9. The lowest BCUT2D eigenvalue weighted by molar-refractivity contribution is -0.145. The van der Waals surface area contributed by atoms with Crippen LogP contribution in [0.5, 0.6) is 0 Å². The Kier molecular flexibility index (Phi) is 15.6. The lowest BCUT2D eigenvalue weighted by Crippen LogP contribution is -2.58. The molecule has 2 aliphatic rings. The number of likely N-dealkylation sites (tertiary alicyclic amines) is 1. The number of rotatable bonds is 17.